The van der Waals surface area contributed by atoms with Crippen LogP contribution >= 0.6 is 7.60 Å². The number of carbonyl (C=O) groups excluding carboxylic acids is 1. The Hall–Kier alpha value is -0.380. The molecule has 0 aliphatic rings. The van der Waals surface area contributed by atoms with E-state index in [1.54, 1.807) is 13.8 Å². The van der Waals surface area contributed by atoms with Crippen LogP contribution in [0.3, 0.4) is 0 Å². The molecule has 0 aromatic carbocycles. The van der Waals surface area contributed by atoms with Gasteiger partial charge < -0.3 is 14.5 Å². The summed E-state index contributed by atoms with van der Waals surface area (Å²) < 4.78 is 16.8. The van der Waals surface area contributed by atoms with Crippen molar-refractivity contribution in [3.8, 4) is 0 Å². The van der Waals surface area contributed by atoms with E-state index >= 15 is 0 Å². The monoisotopic (exact) mass is 280 g/mol. The summed E-state index contributed by atoms with van der Waals surface area (Å²) in [7, 11) is -4.59. The molecule has 2 unspecified atom stereocenters. The first-order chi connectivity index (χ1) is 8.18. The minimum absolute atomic E-state index is 0.00742. The van der Waals surface area contributed by atoms with E-state index in [-0.39, 0.29) is 18.9 Å². The Morgan fingerprint density at radius 2 is 1.78 bits per heavy atom. The second-order valence-corrected chi connectivity index (χ2v) is 6.69. The maximum absolute atomic E-state index is 12.1. The van der Waals surface area contributed by atoms with E-state index in [2.05, 4.69) is 0 Å². The van der Waals surface area contributed by atoms with Crippen LogP contribution in [0.25, 0.3) is 0 Å². The van der Waals surface area contributed by atoms with Crippen LogP contribution in [-0.2, 0) is 14.1 Å². The van der Waals surface area contributed by atoms with Crippen molar-refractivity contribution < 1.29 is 23.9 Å². The molecule has 0 radical (unpaired) electrons. The molecule has 0 aromatic heterocycles. The van der Waals surface area contributed by atoms with E-state index in [0.29, 0.717) is 6.42 Å². The lowest BCUT2D eigenvalue weighted by atomic mass is 9.79. The summed E-state index contributed by atoms with van der Waals surface area (Å²) in [5.41, 5.74) is 0. The van der Waals surface area contributed by atoms with E-state index in [9.17, 15) is 19.1 Å². The fraction of sp³-hybridized carbons (Fsp3) is 0.917. The molecule has 5 nitrogen and oxygen atoms in total. The van der Waals surface area contributed by atoms with Gasteiger partial charge >= 0.3 is 13.6 Å². The molecule has 0 fully saturated rings. The Morgan fingerprint density at radius 3 is 2.00 bits per heavy atom. The summed E-state index contributed by atoms with van der Waals surface area (Å²) in [6.07, 6.45) is 0.599. The number of carbonyl (C=O) groups is 1. The first kappa shape index (κ1) is 17.6. The van der Waals surface area contributed by atoms with Gasteiger partial charge in [-0.15, -0.1) is 0 Å². The fourth-order valence-electron chi connectivity index (χ4n) is 2.72. The minimum Gasteiger partial charge on any atom is -0.465 e. The summed E-state index contributed by atoms with van der Waals surface area (Å²) in [5.74, 6) is -1.18. The molecule has 0 rings (SSSR count). The van der Waals surface area contributed by atoms with Crippen molar-refractivity contribution >= 4 is 13.6 Å². The van der Waals surface area contributed by atoms with Gasteiger partial charge in [-0.3, -0.25) is 9.36 Å². The fourth-order valence-corrected chi connectivity index (χ4v) is 4.34. The third-order valence-corrected chi connectivity index (χ3v) is 5.42. The van der Waals surface area contributed by atoms with Crippen LogP contribution in [0.1, 0.15) is 47.5 Å². The summed E-state index contributed by atoms with van der Waals surface area (Å²) in [4.78, 5) is 31.5. The normalized spacial score (nSPS) is 17.3. The molecule has 6 heteroatoms. The maximum Gasteiger partial charge on any atom is 0.343 e. The topological polar surface area (TPSA) is 83.8 Å². The molecule has 0 aromatic rings. The number of rotatable bonds is 7. The van der Waals surface area contributed by atoms with Crippen LogP contribution in [-0.4, -0.2) is 27.5 Å². The lowest BCUT2D eigenvalue weighted by Crippen LogP contribution is -2.48. The van der Waals surface area contributed by atoms with Crippen molar-refractivity contribution in [3.63, 3.8) is 0 Å². The van der Waals surface area contributed by atoms with Gasteiger partial charge in [-0.1, -0.05) is 34.1 Å². The standard InChI is InChI=1S/C12H25O5P/c1-6-10(9(4)5)12(7-2,18(14,15)16)11(13)17-8-3/h9-10H,6-8H2,1-5H3,(H2,14,15,16). The molecule has 0 saturated heterocycles. The molecule has 2 N–H and O–H groups in total. The number of hydrogen-bond donors (Lipinski definition) is 2. The molecular formula is C12H25O5P. The summed E-state index contributed by atoms with van der Waals surface area (Å²) >= 11 is 0. The van der Waals surface area contributed by atoms with Crippen LogP contribution in [0, 0.1) is 11.8 Å². The molecule has 0 bridgehead atoms. The van der Waals surface area contributed by atoms with Gasteiger partial charge in [0.05, 0.1) is 6.61 Å². The minimum atomic E-state index is -4.59. The first-order valence-corrected chi connectivity index (χ1v) is 8.03. The van der Waals surface area contributed by atoms with Crippen molar-refractivity contribution in [2.24, 2.45) is 11.8 Å². The van der Waals surface area contributed by atoms with E-state index in [4.69, 9.17) is 4.74 Å². The van der Waals surface area contributed by atoms with Crippen LogP contribution in [0.4, 0.5) is 0 Å². The third kappa shape index (κ3) is 3.14. The third-order valence-electron chi connectivity index (χ3n) is 3.55. The van der Waals surface area contributed by atoms with Crippen LogP contribution < -0.4 is 0 Å². The van der Waals surface area contributed by atoms with Gasteiger partial charge in [0, 0.05) is 0 Å². The molecule has 0 heterocycles. The van der Waals surface area contributed by atoms with Crippen LogP contribution in [0.2, 0.25) is 0 Å². The van der Waals surface area contributed by atoms with E-state index in [1.807, 2.05) is 20.8 Å². The van der Waals surface area contributed by atoms with Gasteiger partial charge in [0.15, 0.2) is 5.16 Å². The first-order valence-electron chi connectivity index (χ1n) is 6.41. The molecule has 0 spiro atoms. The Morgan fingerprint density at radius 1 is 1.28 bits per heavy atom. The van der Waals surface area contributed by atoms with E-state index in [1.165, 1.54) is 0 Å². The van der Waals surface area contributed by atoms with Gasteiger partial charge in [-0.2, -0.15) is 0 Å². The Kier molecular flexibility index (Phi) is 6.55. The Bertz CT molecular complexity index is 322. The Labute approximate surface area is 109 Å². The lowest BCUT2D eigenvalue weighted by molar-refractivity contribution is -0.149. The largest absolute Gasteiger partial charge is 0.465 e. The van der Waals surface area contributed by atoms with Crippen molar-refractivity contribution in [1.82, 2.24) is 0 Å². The molecule has 0 aliphatic heterocycles. The van der Waals surface area contributed by atoms with Crippen LogP contribution in [0.5, 0.6) is 0 Å². The maximum atomic E-state index is 12.1. The van der Waals surface area contributed by atoms with Crippen molar-refractivity contribution in [1.29, 1.82) is 0 Å². The average molecular weight is 280 g/mol. The highest BCUT2D eigenvalue weighted by molar-refractivity contribution is 7.54. The molecule has 0 saturated carbocycles. The highest BCUT2D eigenvalue weighted by atomic mass is 31.2. The van der Waals surface area contributed by atoms with E-state index < -0.39 is 24.6 Å². The van der Waals surface area contributed by atoms with Gasteiger partial charge in [-0.05, 0) is 25.2 Å². The van der Waals surface area contributed by atoms with Crippen molar-refractivity contribution in [2.75, 3.05) is 6.61 Å². The van der Waals surface area contributed by atoms with Gasteiger partial charge in [0.25, 0.3) is 0 Å². The molecule has 2 atom stereocenters. The number of hydrogen-bond acceptors (Lipinski definition) is 3. The zero-order valence-corrected chi connectivity index (χ0v) is 12.7. The summed E-state index contributed by atoms with van der Waals surface area (Å²) in [6, 6.07) is 0. The van der Waals surface area contributed by atoms with Gasteiger partial charge in [0.2, 0.25) is 0 Å². The molecular weight excluding hydrogens is 255 g/mol. The second-order valence-electron chi connectivity index (χ2n) is 4.80. The smallest absolute Gasteiger partial charge is 0.343 e. The highest BCUT2D eigenvalue weighted by Gasteiger charge is 2.58. The average Bonchev–Trinajstić information content (AvgIpc) is 2.23. The second kappa shape index (κ2) is 6.69. The molecule has 0 aliphatic carbocycles. The molecule has 18 heavy (non-hydrogen) atoms. The van der Waals surface area contributed by atoms with Crippen molar-refractivity contribution in [3.05, 3.63) is 0 Å². The zero-order chi connectivity index (χ0) is 14.6. The Balaban J connectivity index is 5.79. The van der Waals surface area contributed by atoms with Gasteiger partial charge in [-0.25, -0.2) is 0 Å². The SMILES string of the molecule is CCOC(=O)C(CC)(C(CC)C(C)C)P(=O)(O)O. The number of ether oxygens (including phenoxy) is 1. The van der Waals surface area contributed by atoms with Gasteiger partial charge in [0.1, 0.15) is 0 Å². The highest BCUT2D eigenvalue weighted by Crippen LogP contribution is 2.59. The van der Waals surface area contributed by atoms with E-state index in [0.717, 1.165) is 0 Å². The lowest BCUT2D eigenvalue weighted by Gasteiger charge is -2.39. The zero-order valence-electron chi connectivity index (χ0n) is 11.8. The predicted octanol–water partition coefficient (Wildman–Crippen LogP) is 2.56. The summed E-state index contributed by atoms with van der Waals surface area (Å²) in [5, 5.41) is -1.72. The quantitative estimate of drug-likeness (QED) is 0.553. The molecule has 108 valence electrons. The predicted molar refractivity (Wildman–Crippen MR) is 70.3 cm³/mol. The van der Waals surface area contributed by atoms with Crippen molar-refractivity contribution in [2.45, 2.75) is 52.6 Å². The molecule has 0 amide bonds. The summed E-state index contributed by atoms with van der Waals surface area (Å²) in [6.45, 7) is 8.95. The number of esters is 1. The van der Waals surface area contributed by atoms with Crippen LogP contribution in [0.15, 0.2) is 0 Å².